The summed E-state index contributed by atoms with van der Waals surface area (Å²) in [6.07, 6.45) is 3.34. The summed E-state index contributed by atoms with van der Waals surface area (Å²) in [6, 6.07) is -0.844. The van der Waals surface area contributed by atoms with Crippen molar-refractivity contribution in [2.24, 2.45) is 11.8 Å². The molecule has 3 rings (SSSR count). The van der Waals surface area contributed by atoms with Gasteiger partial charge >= 0.3 is 12.1 Å². The first-order chi connectivity index (χ1) is 18.9. The number of nitrogens with one attached hydrogen (secondary N) is 2. The molecule has 0 spiro atoms. The van der Waals surface area contributed by atoms with E-state index in [1.165, 1.54) is 5.38 Å². The van der Waals surface area contributed by atoms with Crippen LogP contribution in [0.5, 0.6) is 0 Å². The Kier molecular flexibility index (Phi) is 10.6. The Morgan fingerprint density at radius 3 is 2.50 bits per heavy atom. The normalized spacial score (nSPS) is 24.7. The van der Waals surface area contributed by atoms with E-state index in [1.807, 2.05) is 34.7 Å². The summed E-state index contributed by atoms with van der Waals surface area (Å²) in [5, 5.41) is 16.8. The molecule has 0 radical (unpaired) electrons. The van der Waals surface area contributed by atoms with Crippen molar-refractivity contribution in [3.63, 3.8) is 0 Å². The fourth-order valence-corrected chi connectivity index (χ4v) is 6.79. The number of nitrogens with zero attached hydrogens (tertiary/aromatic N) is 3. The summed E-state index contributed by atoms with van der Waals surface area (Å²) in [4.78, 5) is 59.4. The van der Waals surface area contributed by atoms with Gasteiger partial charge < -0.3 is 25.4 Å². The number of aromatic nitrogens is 1. The molecule has 2 fully saturated rings. The van der Waals surface area contributed by atoms with Crippen molar-refractivity contribution in [1.82, 2.24) is 25.4 Å². The third-order valence-corrected chi connectivity index (χ3v) is 9.62. The number of carbonyl (C=O) groups is 4. The third-order valence-electron chi connectivity index (χ3n) is 8.68. The number of carbonyl (C=O) groups excluding carboxylic acids is 3. The second-order valence-electron chi connectivity index (χ2n) is 11.4. The first-order valence-corrected chi connectivity index (χ1v) is 15.2. The van der Waals surface area contributed by atoms with Gasteiger partial charge in [0, 0.05) is 37.5 Å². The van der Waals surface area contributed by atoms with Crippen LogP contribution in [0.4, 0.5) is 4.79 Å². The second-order valence-corrected chi connectivity index (χ2v) is 12.3. The number of carboxylic acid groups (broad SMARTS) is 1. The monoisotopic (exact) mass is 579 g/mol. The number of alkyl carbamates (subject to hydrolysis) is 1. The summed E-state index contributed by atoms with van der Waals surface area (Å²) >= 11 is 1.10. The highest BCUT2D eigenvalue weighted by Crippen LogP contribution is 2.50. The predicted octanol–water partition coefficient (Wildman–Crippen LogP) is 3.66. The molecule has 3 amide bonds. The molecule has 1 saturated heterocycles. The molecule has 1 saturated carbocycles. The van der Waals surface area contributed by atoms with Crippen molar-refractivity contribution in [1.29, 1.82) is 0 Å². The highest BCUT2D eigenvalue weighted by Gasteiger charge is 2.66. The topological polar surface area (TPSA) is 141 Å². The SMILES string of the molecule is CCNC(=O)O[C@H](C[C@H](C(C)C)N(C)C(=O)[C@@H](NC(=O)C12CCCCC1N2C)[C@@H](C)CC)c1nc(C(=O)O)cs1. The fourth-order valence-electron chi connectivity index (χ4n) is 5.96. The molecule has 0 bridgehead atoms. The van der Waals surface area contributed by atoms with Crippen LogP contribution < -0.4 is 10.6 Å². The molecule has 1 aliphatic carbocycles. The summed E-state index contributed by atoms with van der Waals surface area (Å²) in [7, 11) is 3.70. The van der Waals surface area contributed by atoms with Gasteiger partial charge in [-0.15, -0.1) is 11.3 Å². The van der Waals surface area contributed by atoms with Gasteiger partial charge in [0.15, 0.2) is 11.8 Å². The maximum Gasteiger partial charge on any atom is 0.407 e. The van der Waals surface area contributed by atoms with Crippen LogP contribution >= 0.6 is 11.3 Å². The van der Waals surface area contributed by atoms with Gasteiger partial charge in [0.25, 0.3) is 0 Å². The molecule has 2 heterocycles. The Hall–Kier alpha value is -2.73. The molecule has 3 N–H and O–H groups in total. The molecule has 0 aromatic carbocycles. The highest BCUT2D eigenvalue weighted by molar-refractivity contribution is 7.09. The van der Waals surface area contributed by atoms with Crippen LogP contribution in [-0.4, -0.2) is 88.1 Å². The largest absolute Gasteiger partial charge is 0.476 e. The number of ether oxygens (including phenoxy) is 1. The zero-order chi connectivity index (χ0) is 29.8. The second kappa shape index (κ2) is 13.3. The summed E-state index contributed by atoms with van der Waals surface area (Å²) < 4.78 is 5.68. The molecule has 2 aliphatic rings. The lowest BCUT2D eigenvalue weighted by molar-refractivity contribution is -0.140. The molecule has 1 aromatic heterocycles. The van der Waals surface area contributed by atoms with Crippen molar-refractivity contribution < 1.29 is 29.0 Å². The average molecular weight is 580 g/mol. The molecular formula is C28H45N5O6S. The number of aromatic carboxylic acids is 1. The van der Waals surface area contributed by atoms with E-state index >= 15 is 0 Å². The van der Waals surface area contributed by atoms with E-state index < -0.39 is 29.7 Å². The first-order valence-electron chi connectivity index (χ1n) is 14.3. The van der Waals surface area contributed by atoms with Crippen LogP contribution in [0, 0.1) is 11.8 Å². The van der Waals surface area contributed by atoms with Gasteiger partial charge in [0.2, 0.25) is 11.8 Å². The van der Waals surface area contributed by atoms with Crippen LogP contribution in [-0.2, 0) is 14.3 Å². The summed E-state index contributed by atoms with van der Waals surface area (Å²) in [5.41, 5.74) is -0.640. The minimum atomic E-state index is -1.17. The number of thiazole rings is 1. The Morgan fingerprint density at radius 2 is 1.95 bits per heavy atom. The van der Waals surface area contributed by atoms with E-state index in [-0.39, 0.29) is 47.8 Å². The Balaban J connectivity index is 1.83. The van der Waals surface area contributed by atoms with Crippen LogP contribution in [0.3, 0.4) is 0 Å². The first kappa shape index (κ1) is 31.8. The molecule has 1 aliphatic heterocycles. The van der Waals surface area contributed by atoms with Crippen molar-refractivity contribution in [3.8, 4) is 0 Å². The maximum absolute atomic E-state index is 14.0. The predicted molar refractivity (Wildman–Crippen MR) is 152 cm³/mol. The van der Waals surface area contributed by atoms with E-state index in [4.69, 9.17) is 4.74 Å². The van der Waals surface area contributed by atoms with Gasteiger partial charge in [-0.2, -0.15) is 0 Å². The standard InChI is InChI=1S/C28H45N5O6S/c1-8-17(5)22(31-26(37)28-13-11-10-12-21(28)33(28)7)24(34)32(6)19(16(3)4)14-20(39-27(38)29-9-2)23-30-18(15-40-23)25(35)36/h15-17,19-22H,8-14H2,1-7H3,(H,29,38)(H,31,37)(H,35,36)/t17-,19+,20+,21?,22-,28?,33?/m0/s1. The van der Waals surface area contributed by atoms with E-state index in [2.05, 4.69) is 20.5 Å². The number of rotatable bonds is 13. The van der Waals surface area contributed by atoms with Crippen molar-refractivity contribution >= 4 is 35.2 Å². The van der Waals surface area contributed by atoms with Crippen molar-refractivity contribution in [2.45, 2.75) is 103 Å². The van der Waals surface area contributed by atoms with Gasteiger partial charge in [-0.25, -0.2) is 14.6 Å². The van der Waals surface area contributed by atoms with Gasteiger partial charge in [0.05, 0.1) is 0 Å². The number of hydrogen-bond acceptors (Lipinski definition) is 8. The number of carboxylic acids is 1. The lowest BCUT2D eigenvalue weighted by atomic mass is 9.87. The fraction of sp³-hybridized carbons (Fsp3) is 0.750. The third kappa shape index (κ3) is 6.59. The number of likely N-dealkylation sites (tertiary alicyclic amines) is 1. The number of fused-ring (bicyclic) bond motifs is 1. The summed E-state index contributed by atoms with van der Waals surface area (Å²) in [6.45, 7) is 10.1. The number of amides is 3. The molecule has 1 aromatic rings. The molecule has 224 valence electrons. The van der Waals surface area contributed by atoms with Gasteiger partial charge in [-0.05, 0) is 38.6 Å². The smallest absolute Gasteiger partial charge is 0.407 e. The molecule has 11 nitrogen and oxygen atoms in total. The molecule has 3 unspecified atom stereocenters. The van der Waals surface area contributed by atoms with Crippen molar-refractivity contribution in [2.75, 3.05) is 20.6 Å². The number of hydrogen-bond donors (Lipinski definition) is 3. The van der Waals surface area contributed by atoms with Crippen LogP contribution in [0.25, 0.3) is 0 Å². The summed E-state index contributed by atoms with van der Waals surface area (Å²) in [5.74, 6) is -1.56. The van der Waals surface area contributed by atoms with Crippen LogP contribution in [0.1, 0.15) is 94.7 Å². The van der Waals surface area contributed by atoms with E-state index in [1.54, 1.807) is 18.9 Å². The molecule has 40 heavy (non-hydrogen) atoms. The average Bonchev–Trinajstić information content (AvgIpc) is 3.25. The van der Waals surface area contributed by atoms with Gasteiger partial charge in [-0.1, -0.05) is 47.0 Å². The zero-order valence-corrected chi connectivity index (χ0v) is 25.5. The number of likely N-dealkylation sites (N-methyl/N-ethyl adjacent to an activating group) is 2. The minimum Gasteiger partial charge on any atom is -0.476 e. The highest BCUT2D eigenvalue weighted by atomic mass is 32.1. The Bertz CT molecular complexity index is 1080. The maximum atomic E-state index is 14.0. The van der Waals surface area contributed by atoms with Crippen LogP contribution in [0.15, 0.2) is 5.38 Å². The van der Waals surface area contributed by atoms with Crippen LogP contribution in [0.2, 0.25) is 0 Å². The lowest BCUT2D eigenvalue weighted by Crippen LogP contribution is -2.57. The van der Waals surface area contributed by atoms with E-state index in [0.717, 1.165) is 37.0 Å². The lowest BCUT2D eigenvalue weighted by Gasteiger charge is -2.37. The Labute approximate surface area is 241 Å². The van der Waals surface area contributed by atoms with E-state index in [0.29, 0.717) is 18.0 Å². The zero-order valence-electron chi connectivity index (χ0n) is 24.7. The molecular weight excluding hydrogens is 534 g/mol. The molecule has 7 atom stereocenters. The van der Waals surface area contributed by atoms with Gasteiger partial charge in [0.1, 0.15) is 16.6 Å². The quantitative estimate of drug-likeness (QED) is 0.301. The van der Waals surface area contributed by atoms with E-state index in [9.17, 15) is 24.3 Å². The minimum absolute atomic E-state index is 0.0302. The van der Waals surface area contributed by atoms with Crippen molar-refractivity contribution in [3.05, 3.63) is 16.1 Å². The molecule has 12 heteroatoms. The van der Waals surface area contributed by atoms with Gasteiger partial charge in [-0.3, -0.25) is 14.5 Å². The Morgan fingerprint density at radius 1 is 1.25 bits per heavy atom.